The van der Waals surface area contributed by atoms with Crippen LogP contribution < -0.4 is 5.32 Å². The maximum atomic E-state index is 12.2. The van der Waals surface area contributed by atoms with Gasteiger partial charge in [0.25, 0.3) is 5.91 Å². The van der Waals surface area contributed by atoms with Crippen LogP contribution in [-0.2, 0) is 12.8 Å². The van der Waals surface area contributed by atoms with Crippen molar-refractivity contribution < 1.29 is 4.79 Å². The molecule has 0 saturated carbocycles. The molecule has 0 aliphatic heterocycles. The lowest BCUT2D eigenvalue weighted by molar-refractivity contribution is 0.0964. The Labute approximate surface area is 162 Å². The number of nitrogens with zero attached hydrogens (tertiary/aromatic N) is 5. The van der Waals surface area contributed by atoms with Gasteiger partial charge in [-0.15, -0.1) is 0 Å². The summed E-state index contributed by atoms with van der Waals surface area (Å²) >= 11 is 0. The molecule has 1 amide bonds. The largest absolute Gasteiger partial charge is 0.355 e. The third-order valence-corrected chi connectivity index (χ3v) is 5.26. The van der Waals surface area contributed by atoms with Gasteiger partial charge in [0.05, 0.1) is 28.7 Å². The quantitative estimate of drug-likeness (QED) is 0.600. The monoisotopic (exact) mass is 372 g/mol. The smallest absolute Gasteiger partial charge is 0.254 e. The van der Waals surface area contributed by atoms with Gasteiger partial charge in [-0.25, -0.2) is 14.2 Å². The molecule has 0 atom stereocenters. The van der Waals surface area contributed by atoms with E-state index in [2.05, 4.69) is 15.4 Å². The first-order valence-electron chi connectivity index (χ1n) is 9.40. The first-order chi connectivity index (χ1) is 13.7. The number of fused-ring (bicyclic) bond motifs is 2. The fourth-order valence-electron chi connectivity index (χ4n) is 3.94. The Bertz CT molecular complexity index is 1220. The van der Waals surface area contributed by atoms with Crippen molar-refractivity contribution in [3.8, 4) is 17.1 Å². The number of hydrogen-bond donors (Lipinski definition) is 1. The molecule has 1 aliphatic rings. The van der Waals surface area contributed by atoms with E-state index in [0.29, 0.717) is 5.56 Å². The lowest BCUT2D eigenvalue weighted by Crippen LogP contribution is -2.17. The number of pyridine rings is 2. The maximum Gasteiger partial charge on any atom is 0.254 e. The van der Waals surface area contributed by atoms with Gasteiger partial charge in [-0.1, -0.05) is 6.07 Å². The van der Waals surface area contributed by atoms with Gasteiger partial charge in [0.2, 0.25) is 0 Å². The molecule has 5 rings (SSSR count). The van der Waals surface area contributed by atoms with Gasteiger partial charge in [-0.05, 0) is 50.5 Å². The Kier molecular flexibility index (Phi) is 3.75. The highest BCUT2D eigenvalue weighted by atomic mass is 16.1. The summed E-state index contributed by atoms with van der Waals surface area (Å²) in [7, 11) is 1.63. The second-order valence-electron chi connectivity index (χ2n) is 7.06. The van der Waals surface area contributed by atoms with Crippen LogP contribution in [0.4, 0.5) is 0 Å². The molecule has 1 aliphatic carbocycles. The summed E-state index contributed by atoms with van der Waals surface area (Å²) < 4.78 is 3.67. The standard InChI is InChI=1S/C21H20N6O/c1-13-5-3-8-19(24-13)27-20(15-6-4-7-17(15)25-27)14-9-10-26-18(11-14)16(12-23-26)21(28)22-2/h3,5,8-12H,4,6-7H2,1-2H3,(H,22,28). The number of aromatic nitrogens is 5. The number of carbonyl (C=O) groups is 1. The molecule has 0 bridgehead atoms. The predicted octanol–water partition coefficient (Wildman–Crippen LogP) is 2.74. The first-order valence-corrected chi connectivity index (χ1v) is 9.40. The Morgan fingerprint density at radius 1 is 1.21 bits per heavy atom. The molecule has 0 spiro atoms. The summed E-state index contributed by atoms with van der Waals surface area (Å²) in [6.45, 7) is 1.98. The zero-order valence-electron chi connectivity index (χ0n) is 15.8. The second-order valence-corrected chi connectivity index (χ2v) is 7.06. The van der Waals surface area contributed by atoms with Crippen LogP contribution in [-0.4, -0.2) is 37.3 Å². The van der Waals surface area contributed by atoms with E-state index in [1.165, 1.54) is 5.56 Å². The van der Waals surface area contributed by atoms with E-state index in [1.54, 1.807) is 17.8 Å². The number of amides is 1. The van der Waals surface area contributed by atoms with Gasteiger partial charge in [0.1, 0.15) is 0 Å². The van der Waals surface area contributed by atoms with Crippen molar-refractivity contribution in [1.29, 1.82) is 0 Å². The van der Waals surface area contributed by atoms with Crippen molar-refractivity contribution in [2.24, 2.45) is 0 Å². The van der Waals surface area contributed by atoms with E-state index in [9.17, 15) is 4.79 Å². The lowest BCUT2D eigenvalue weighted by atomic mass is 10.1. The predicted molar refractivity (Wildman–Crippen MR) is 106 cm³/mol. The van der Waals surface area contributed by atoms with Gasteiger partial charge in [-0.2, -0.15) is 10.2 Å². The SMILES string of the molecule is CNC(=O)c1cnn2ccc(-c3c4c(nn3-c3cccc(C)n3)CCC4)cc12. The molecule has 7 heteroatoms. The van der Waals surface area contributed by atoms with Crippen molar-refractivity contribution in [3.05, 3.63) is 65.2 Å². The average Bonchev–Trinajstić information content (AvgIpc) is 3.40. The van der Waals surface area contributed by atoms with Crippen LogP contribution in [0.25, 0.3) is 22.6 Å². The number of hydrogen-bond acceptors (Lipinski definition) is 4. The highest BCUT2D eigenvalue weighted by molar-refractivity contribution is 6.01. The van der Waals surface area contributed by atoms with E-state index in [-0.39, 0.29) is 5.91 Å². The van der Waals surface area contributed by atoms with Gasteiger partial charge in [0, 0.05) is 30.1 Å². The molecular weight excluding hydrogens is 352 g/mol. The number of carbonyl (C=O) groups excluding carboxylic acids is 1. The molecule has 0 fully saturated rings. The van der Waals surface area contributed by atoms with Crippen LogP contribution in [0.2, 0.25) is 0 Å². The van der Waals surface area contributed by atoms with Crippen molar-refractivity contribution in [1.82, 2.24) is 29.7 Å². The van der Waals surface area contributed by atoms with Crippen LogP contribution in [0.1, 0.15) is 33.7 Å². The number of rotatable bonds is 3. The average molecular weight is 372 g/mol. The minimum absolute atomic E-state index is 0.147. The fraction of sp³-hybridized carbons (Fsp3) is 0.238. The third kappa shape index (κ3) is 2.51. The molecule has 1 N–H and O–H groups in total. The van der Waals surface area contributed by atoms with Gasteiger partial charge in [-0.3, -0.25) is 4.79 Å². The lowest BCUT2D eigenvalue weighted by Gasteiger charge is -2.10. The molecule has 4 heterocycles. The van der Waals surface area contributed by atoms with Crippen LogP contribution in [0.15, 0.2) is 42.7 Å². The van der Waals surface area contributed by atoms with Crippen molar-refractivity contribution in [3.63, 3.8) is 0 Å². The van der Waals surface area contributed by atoms with Gasteiger partial charge >= 0.3 is 0 Å². The molecule has 28 heavy (non-hydrogen) atoms. The number of nitrogens with one attached hydrogen (secondary N) is 1. The van der Waals surface area contributed by atoms with E-state index in [0.717, 1.165) is 53.2 Å². The number of aryl methyl sites for hydroxylation is 2. The normalized spacial score (nSPS) is 13.1. The molecule has 4 aromatic rings. The molecule has 4 aromatic heterocycles. The van der Waals surface area contributed by atoms with Crippen LogP contribution >= 0.6 is 0 Å². The van der Waals surface area contributed by atoms with Gasteiger partial charge < -0.3 is 5.32 Å². The second kappa shape index (κ2) is 6.30. The van der Waals surface area contributed by atoms with Crippen LogP contribution in [0.5, 0.6) is 0 Å². The van der Waals surface area contributed by atoms with Gasteiger partial charge in [0.15, 0.2) is 5.82 Å². The maximum absolute atomic E-state index is 12.2. The third-order valence-electron chi connectivity index (χ3n) is 5.26. The summed E-state index contributed by atoms with van der Waals surface area (Å²) in [6.07, 6.45) is 6.59. The van der Waals surface area contributed by atoms with E-state index < -0.39 is 0 Å². The Morgan fingerprint density at radius 2 is 2.11 bits per heavy atom. The molecule has 0 aromatic carbocycles. The fourth-order valence-corrected chi connectivity index (χ4v) is 3.94. The summed E-state index contributed by atoms with van der Waals surface area (Å²) in [5, 5.41) is 11.8. The van der Waals surface area contributed by atoms with E-state index in [1.807, 2.05) is 48.1 Å². The molecule has 0 radical (unpaired) electrons. The Hall–Kier alpha value is -3.48. The Balaban J connectivity index is 1.74. The Morgan fingerprint density at radius 3 is 2.93 bits per heavy atom. The topological polar surface area (TPSA) is 77.1 Å². The summed E-state index contributed by atoms with van der Waals surface area (Å²) in [5.41, 5.74) is 6.75. The molecule has 140 valence electrons. The molecule has 0 unspecified atom stereocenters. The summed E-state index contributed by atoms with van der Waals surface area (Å²) in [4.78, 5) is 16.9. The summed E-state index contributed by atoms with van der Waals surface area (Å²) in [6, 6.07) is 9.99. The highest BCUT2D eigenvalue weighted by Gasteiger charge is 2.25. The molecule has 0 saturated heterocycles. The first kappa shape index (κ1) is 16.7. The molecule has 7 nitrogen and oxygen atoms in total. The van der Waals surface area contributed by atoms with Crippen molar-refractivity contribution in [2.75, 3.05) is 7.05 Å². The summed E-state index contributed by atoms with van der Waals surface area (Å²) in [5.74, 6) is 0.663. The zero-order valence-corrected chi connectivity index (χ0v) is 15.8. The van der Waals surface area contributed by atoms with E-state index >= 15 is 0 Å². The van der Waals surface area contributed by atoms with Crippen LogP contribution in [0.3, 0.4) is 0 Å². The minimum atomic E-state index is -0.147. The minimum Gasteiger partial charge on any atom is -0.355 e. The van der Waals surface area contributed by atoms with Crippen molar-refractivity contribution >= 4 is 11.4 Å². The highest BCUT2D eigenvalue weighted by Crippen LogP contribution is 2.34. The zero-order chi connectivity index (χ0) is 19.3. The van der Waals surface area contributed by atoms with E-state index in [4.69, 9.17) is 5.10 Å². The van der Waals surface area contributed by atoms with Crippen LogP contribution in [0, 0.1) is 6.92 Å². The molecular formula is C21H20N6O. The van der Waals surface area contributed by atoms with Crippen molar-refractivity contribution in [2.45, 2.75) is 26.2 Å².